The SMILES string of the molecule is CCN(CC1CC1)c1c(Cl)cccc1CCN. The number of para-hydroxylation sites is 1. The number of hydrogen-bond acceptors (Lipinski definition) is 2. The number of anilines is 1. The highest BCUT2D eigenvalue weighted by Gasteiger charge is 2.25. The van der Waals surface area contributed by atoms with E-state index >= 15 is 0 Å². The Bertz CT molecular complexity index is 374. The van der Waals surface area contributed by atoms with E-state index < -0.39 is 0 Å². The van der Waals surface area contributed by atoms with E-state index in [1.54, 1.807) is 0 Å². The summed E-state index contributed by atoms with van der Waals surface area (Å²) in [5.74, 6) is 0.872. The molecule has 1 aliphatic rings. The van der Waals surface area contributed by atoms with Gasteiger partial charge < -0.3 is 10.6 Å². The largest absolute Gasteiger partial charge is 0.370 e. The average molecular weight is 253 g/mol. The van der Waals surface area contributed by atoms with Crippen molar-refractivity contribution in [3.8, 4) is 0 Å². The van der Waals surface area contributed by atoms with Crippen LogP contribution in [0.3, 0.4) is 0 Å². The van der Waals surface area contributed by atoms with Crippen LogP contribution in [0.4, 0.5) is 5.69 Å². The van der Waals surface area contributed by atoms with E-state index in [0.29, 0.717) is 6.54 Å². The Morgan fingerprint density at radius 2 is 2.18 bits per heavy atom. The Balaban J connectivity index is 2.25. The number of rotatable bonds is 6. The van der Waals surface area contributed by atoms with Crippen LogP contribution in [-0.2, 0) is 6.42 Å². The summed E-state index contributed by atoms with van der Waals surface area (Å²) in [7, 11) is 0. The smallest absolute Gasteiger partial charge is 0.0642 e. The molecule has 0 atom stereocenters. The van der Waals surface area contributed by atoms with Crippen LogP contribution < -0.4 is 10.6 Å². The van der Waals surface area contributed by atoms with Crippen LogP contribution in [0.1, 0.15) is 25.3 Å². The maximum Gasteiger partial charge on any atom is 0.0642 e. The van der Waals surface area contributed by atoms with E-state index in [4.69, 9.17) is 17.3 Å². The first-order valence-electron chi connectivity index (χ1n) is 6.48. The van der Waals surface area contributed by atoms with Gasteiger partial charge in [-0.3, -0.25) is 0 Å². The van der Waals surface area contributed by atoms with Crippen molar-refractivity contribution in [1.29, 1.82) is 0 Å². The van der Waals surface area contributed by atoms with Crippen LogP contribution in [0.15, 0.2) is 18.2 Å². The lowest BCUT2D eigenvalue weighted by atomic mass is 10.1. The molecule has 0 aromatic heterocycles. The molecule has 17 heavy (non-hydrogen) atoms. The number of nitrogens with two attached hydrogens (primary N) is 1. The summed E-state index contributed by atoms with van der Waals surface area (Å²) in [6.07, 6.45) is 3.64. The minimum absolute atomic E-state index is 0.675. The third kappa shape index (κ3) is 3.14. The van der Waals surface area contributed by atoms with Gasteiger partial charge in [0.15, 0.2) is 0 Å². The standard InChI is InChI=1S/C14H21ClN2/c1-2-17(10-11-6-7-11)14-12(8-9-16)4-3-5-13(14)15/h3-5,11H,2,6-10,16H2,1H3. The first-order valence-corrected chi connectivity index (χ1v) is 6.86. The van der Waals surface area contributed by atoms with E-state index in [-0.39, 0.29) is 0 Å². The van der Waals surface area contributed by atoms with Crippen LogP contribution in [0.25, 0.3) is 0 Å². The van der Waals surface area contributed by atoms with Crippen LogP contribution in [-0.4, -0.2) is 19.6 Å². The predicted octanol–water partition coefficient (Wildman–Crippen LogP) is 3.08. The Kier molecular flexibility index (Phi) is 4.30. The molecule has 0 bridgehead atoms. The number of halogens is 1. The molecule has 1 saturated carbocycles. The van der Waals surface area contributed by atoms with Crippen LogP contribution in [0.5, 0.6) is 0 Å². The molecule has 0 unspecified atom stereocenters. The highest BCUT2D eigenvalue weighted by atomic mass is 35.5. The molecule has 0 aliphatic heterocycles. The second kappa shape index (κ2) is 5.74. The zero-order chi connectivity index (χ0) is 12.3. The highest BCUT2D eigenvalue weighted by Crippen LogP contribution is 2.35. The first-order chi connectivity index (χ1) is 8.26. The summed E-state index contributed by atoms with van der Waals surface area (Å²) in [6.45, 7) is 5.02. The van der Waals surface area contributed by atoms with Gasteiger partial charge in [0.1, 0.15) is 0 Å². The van der Waals surface area contributed by atoms with Gasteiger partial charge in [-0.15, -0.1) is 0 Å². The fraction of sp³-hybridized carbons (Fsp3) is 0.571. The maximum atomic E-state index is 6.36. The fourth-order valence-electron chi connectivity index (χ4n) is 2.26. The van der Waals surface area contributed by atoms with E-state index in [1.165, 1.54) is 24.1 Å². The molecule has 0 radical (unpaired) electrons. The molecule has 1 aromatic rings. The van der Waals surface area contributed by atoms with E-state index in [0.717, 1.165) is 30.5 Å². The summed E-state index contributed by atoms with van der Waals surface area (Å²) in [5, 5.41) is 0.860. The molecular weight excluding hydrogens is 232 g/mol. The fourth-order valence-corrected chi connectivity index (χ4v) is 2.58. The van der Waals surface area contributed by atoms with Gasteiger partial charge in [0.2, 0.25) is 0 Å². The summed E-state index contributed by atoms with van der Waals surface area (Å²) in [4.78, 5) is 2.41. The van der Waals surface area contributed by atoms with Crippen molar-refractivity contribution >= 4 is 17.3 Å². The lowest BCUT2D eigenvalue weighted by Gasteiger charge is -2.27. The lowest BCUT2D eigenvalue weighted by Crippen LogP contribution is -2.27. The third-order valence-corrected chi connectivity index (χ3v) is 3.66. The van der Waals surface area contributed by atoms with Crippen molar-refractivity contribution in [2.75, 3.05) is 24.5 Å². The molecule has 0 spiro atoms. The zero-order valence-corrected chi connectivity index (χ0v) is 11.2. The van der Waals surface area contributed by atoms with Gasteiger partial charge in [0.05, 0.1) is 10.7 Å². The highest BCUT2D eigenvalue weighted by molar-refractivity contribution is 6.33. The summed E-state index contributed by atoms with van der Waals surface area (Å²) in [6, 6.07) is 6.14. The molecule has 2 N–H and O–H groups in total. The van der Waals surface area contributed by atoms with Crippen molar-refractivity contribution in [3.05, 3.63) is 28.8 Å². The molecule has 0 heterocycles. The van der Waals surface area contributed by atoms with Gasteiger partial charge in [-0.25, -0.2) is 0 Å². The van der Waals surface area contributed by atoms with Gasteiger partial charge in [-0.2, -0.15) is 0 Å². The molecule has 2 nitrogen and oxygen atoms in total. The minimum atomic E-state index is 0.675. The minimum Gasteiger partial charge on any atom is -0.370 e. The predicted molar refractivity (Wildman–Crippen MR) is 74.8 cm³/mol. The Labute approximate surface area is 109 Å². The Hall–Kier alpha value is -0.730. The molecule has 0 amide bonds. The van der Waals surface area contributed by atoms with Crippen molar-refractivity contribution in [2.45, 2.75) is 26.2 Å². The van der Waals surface area contributed by atoms with Crippen molar-refractivity contribution in [2.24, 2.45) is 11.7 Å². The quantitative estimate of drug-likeness (QED) is 0.843. The zero-order valence-electron chi connectivity index (χ0n) is 10.5. The van der Waals surface area contributed by atoms with Crippen LogP contribution in [0.2, 0.25) is 5.02 Å². The Morgan fingerprint density at radius 3 is 2.76 bits per heavy atom. The van der Waals surface area contributed by atoms with Crippen molar-refractivity contribution in [3.63, 3.8) is 0 Å². The topological polar surface area (TPSA) is 29.3 Å². The maximum absolute atomic E-state index is 6.36. The molecule has 1 aliphatic carbocycles. The van der Waals surface area contributed by atoms with E-state index in [1.807, 2.05) is 12.1 Å². The van der Waals surface area contributed by atoms with Crippen LogP contribution >= 0.6 is 11.6 Å². The second-order valence-corrected chi connectivity index (χ2v) is 5.18. The number of benzene rings is 1. The molecular formula is C14H21ClN2. The van der Waals surface area contributed by atoms with Gasteiger partial charge in [0, 0.05) is 13.1 Å². The lowest BCUT2D eigenvalue weighted by molar-refractivity contribution is 0.737. The number of hydrogen-bond donors (Lipinski definition) is 1. The number of nitrogens with zero attached hydrogens (tertiary/aromatic N) is 1. The molecule has 1 aromatic carbocycles. The summed E-state index contributed by atoms with van der Waals surface area (Å²) >= 11 is 6.36. The van der Waals surface area contributed by atoms with Gasteiger partial charge >= 0.3 is 0 Å². The van der Waals surface area contributed by atoms with E-state index in [9.17, 15) is 0 Å². The molecule has 94 valence electrons. The third-order valence-electron chi connectivity index (χ3n) is 3.36. The first kappa shape index (κ1) is 12.7. The monoisotopic (exact) mass is 252 g/mol. The Morgan fingerprint density at radius 1 is 1.41 bits per heavy atom. The normalized spacial score (nSPS) is 15.0. The summed E-state index contributed by atoms with van der Waals surface area (Å²) in [5.41, 5.74) is 8.16. The molecule has 2 rings (SSSR count). The van der Waals surface area contributed by atoms with Gasteiger partial charge in [-0.05, 0) is 50.3 Å². The summed E-state index contributed by atoms with van der Waals surface area (Å²) < 4.78 is 0. The second-order valence-electron chi connectivity index (χ2n) is 4.77. The molecule has 3 heteroatoms. The van der Waals surface area contributed by atoms with Gasteiger partial charge in [0.25, 0.3) is 0 Å². The van der Waals surface area contributed by atoms with Crippen molar-refractivity contribution in [1.82, 2.24) is 0 Å². The molecule has 0 saturated heterocycles. The molecule has 1 fully saturated rings. The van der Waals surface area contributed by atoms with Crippen molar-refractivity contribution < 1.29 is 0 Å². The van der Waals surface area contributed by atoms with E-state index in [2.05, 4.69) is 17.9 Å². The average Bonchev–Trinajstić information content (AvgIpc) is 3.11. The van der Waals surface area contributed by atoms with Gasteiger partial charge in [-0.1, -0.05) is 23.7 Å². The van der Waals surface area contributed by atoms with Crippen LogP contribution in [0, 0.1) is 5.92 Å².